The minimum Gasteiger partial charge on any atom is -0.298 e. The first kappa shape index (κ1) is 10.4. The Morgan fingerprint density at radius 1 is 1.14 bits per heavy atom. The van der Waals surface area contributed by atoms with Crippen LogP contribution in [0.3, 0.4) is 0 Å². The summed E-state index contributed by atoms with van der Waals surface area (Å²) in [5, 5.41) is 0. The van der Waals surface area contributed by atoms with Gasteiger partial charge in [0, 0.05) is 30.7 Å². The average Bonchev–Trinajstić information content (AvgIpc) is 2.43. The van der Waals surface area contributed by atoms with Gasteiger partial charge in [-0.05, 0) is 40.2 Å². The SMILES string of the molecule is CCC(C)(C)N1CC2CCC(C1)N2C. The van der Waals surface area contributed by atoms with Gasteiger partial charge in [0.15, 0.2) is 0 Å². The van der Waals surface area contributed by atoms with Crippen LogP contribution in [0.5, 0.6) is 0 Å². The molecule has 2 heteroatoms. The Kier molecular flexibility index (Phi) is 2.61. The highest BCUT2D eigenvalue weighted by atomic mass is 15.3. The summed E-state index contributed by atoms with van der Waals surface area (Å²) in [5.74, 6) is 0. The van der Waals surface area contributed by atoms with E-state index in [-0.39, 0.29) is 0 Å². The molecule has 0 aromatic carbocycles. The number of hydrogen-bond donors (Lipinski definition) is 0. The molecule has 2 fully saturated rings. The minimum absolute atomic E-state index is 0.405. The zero-order chi connectivity index (χ0) is 10.3. The predicted molar refractivity (Wildman–Crippen MR) is 60.5 cm³/mol. The van der Waals surface area contributed by atoms with Crippen molar-refractivity contribution >= 4 is 0 Å². The molecule has 2 saturated heterocycles. The molecule has 2 bridgehead atoms. The maximum atomic E-state index is 2.70. The molecule has 2 atom stereocenters. The topological polar surface area (TPSA) is 6.48 Å². The van der Waals surface area contributed by atoms with Crippen LogP contribution in [0.4, 0.5) is 0 Å². The fourth-order valence-electron chi connectivity index (χ4n) is 2.83. The molecule has 0 amide bonds. The quantitative estimate of drug-likeness (QED) is 0.666. The van der Waals surface area contributed by atoms with Gasteiger partial charge in [0.2, 0.25) is 0 Å². The van der Waals surface area contributed by atoms with E-state index in [1.165, 1.54) is 32.4 Å². The monoisotopic (exact) mass is 196 g/mol. The summed E-state index contributed by atoms with van der Waals surface area (Å²) in [6.45, 7) is 9.65. The van der Waals surface area contributed by atoms with Gasteiger partial charge in [0.05, 0.1) is 0 Å². The van der Waals surface area contributed by atoms with Gasteiger partial charge in [0.25, 0.3) is 0 Å². The lowest BCUT2D eigenvalue weighted by Gasteiger charge is -2.46. The number of nitrogens with zero attached hydrogens (tertiary/aromatic N) is 2. The highest BCUT2D eigenvalue weighted by Crippen LogP contribution is 2.32. The zero-order valence-corrected chi connectivity index (χ0v) is 10.1. The molecule has 0 aliphatic carbocycles. The maximum absolute atomic E-state index is 2.70. The summed E-state index contributed by atoms with van der Waals surface area (Å²) in [7, 11) is 2.30. The fourth-order valence-corrected chi connectivity index (χ4v) is 2.83. The Labute approximate surface area is 88.3 Å². The summed E-state index contributed by atoms with van der Waals surface area (Å²) < 4.78 is 0. The molecule has 2 aliphatic heterocycles. The maximum Gasteiger partial charge on any atom is 0.0224 e. The standard InChI is InChI=1S/C12H24N2/c1-5-12(2,3)14-8-10-6-7-11(9-14)13(10)4/h10-11H,5-9H2,1-4H3. The highest BCUT2D eigenvalue weighted by Gasteiger charge is 2.41. The molecule has 82 valence electrons. The lowest BCUT2D eigenvalue weighted by Crippen LogP contribution is -2.58. The van der Waals surface area contributed by atoms with E-state index in [1.54, 1.807) is 0 Å². The molecule has 0 N–H and O–H groups in total. The summed E-state index contributed by atoms with van der Waals surface area (Å²) in [6, 6.07) is 1.67. The van der Waals surface area contributed by atoms with E-state index in [9.17, 15) is 0 Å². The van der Waals surface area contributed by atoms with Crippen molar-refractivity contribution in [1.29, 1.82) is 0 Å². The second-order valence-electron chi connectivity index (χ2n) is 5.62. The molecular formula is C12H24N2. The van der Waals surface area contributed by atoms with Crippen molar-refractivity contribution < 1.29 is 0 Å². The fraction of sp³-hybridized carbons (Fsp3) is 1.00. The van der Waals surface area contributed by atoms with E-state index in [2.05, 4.69) is 37.6 Å². The van der Waals surface area contributed by atoms with Crippen molar-refractivity contribution in [2.75, 3.05) is 20.1 Å². The zero-order valence-electron chi connectivity index (χ0n) is 10.1. The van der Waals surface area contributed by atoms with Crippen LogP contribution >= 0.6 is 0 Å². The molecule has 14 heavy (non-hydrogen) atoms. The van der Waals surface area contributed by atoms with Crippen LogP contribution in [0.1, 0.15) is 40.0 Å². The molecule has 0 aromatic heterocycles. The van der Waals surface area contributed by atoms with Crippen molar-refractivity contribution in [3.8, 4) is 0 Å². The third kappa shape index (κ3) is 1.59. The molecule has 0 aromatic rings. The van der Waals surface area contributed by atoms with Crippen LogP contribution in [0.25, 0.3) is 0 Å². The summed E-state index contributed by atoms with van der Waals surface area (Å²) in [4.78, 5) is 5.30. The van der Waals surface area contributed by atoms with E-state index in [1.807, 2.05) is 0 Å². The lowest BCUT2D eigenvalue weighted by molar-refractivity contribution is 0.0193. The molecule has 2 rings (SSSR count). The second-order valence-corrected chi connectivity index (χ2v) is 5.62. The predicted octanol–water partition coefficient (Wildman–Crippen LogP) is 1.95. The first-order valence-corrected chi connectivity index (χ1v) is 6.01. The number of rotatable bonds is 2. The van der Waals surface area contributed by atoms with Gasteiger partial charge in [0.1, 0.15) is 0 Å². The summed E-state index contributed by atoms with van der Waals surface area (Å²) >= 11 is 0. The van der Waals surface area contributed by atoms with Crippen molar-refractivity contribution in [2.24, 2.45) is 0 Å². The minimum atomic E-state index is 0.405. The van der Waals surface area contributed by atoms with Crippen LogP contribution < -0.4 is 0 Å². The second kappa shape index (κ2) is 3.49. The van der Waals surface area contributed by atoms with Crippen molar-refractivity contribution in [3.05, 3.63) is 0 Å². The molecule has 0 saturated carbocycles. The van der Waals surface area contributed by atoms with Crippen LogP contribution in [-0.4, -0.2) is 47.6 Å². The number of hydrogen-bond acceptors (Lipinski definition) is 2. The van der Waals surface area contributed by atoms with Crippen molar-refractivity contribution in [1.82, 2.24) is 9.80 Å². The molecular weight excluding hydrogens is 172 g/mol. The Morgan fingerprint density at radius 2 is 1.64 bits per heavy atom. The smallest absolute Gasteiger partial charge is 0.0224 e. The van der Waals surface area contributed by atoms with E-state index in [0.717, 1.165) is 12.1 Å². The molecule has 2 unspecified atom stereocenters. The number of piperazine rings is 1. The Hall–Kier alpha value is -0.0800. The largest absolute Gasteiger partial charge is 0.298 e. The Balaban J connectivity index is 2.06. The average molecular weight is 196 g/mol. The third-order valence-corrected chi connectivity index (χ3v) is 4.57. The van der Waals surface area contributed by atoms with Gasteiger partial charge in [-0.15, -0.1) is 0 Å². The number of likely N-dealkylation sites (N-methyl/N-ethyl adjacent to an activating group) is 1. The molecule has 2 heterocycles. The van der Waals surface area contributed by atoms with Crippen LogP contribution in [0.2, 0.25) is 0 Å². The Bertz CT molecular complexity index is 198. The normalized spacial score (nSPS) is 35.1. The number of likely N-dealkylation sites (tertiary alicyclic amines) is 1. The van der Waals surface area contributed by atoms with Gasteiger partial charge < -0.3 is 0 Å². The van der Waals surface area contributed by atoms with Gasteiger partial charge in [-0.1, -0.05) is 6.92 Å². The van der Waals surface area contributed by atoms with E-state index < -0.39 is 0 Å². The summed E-state index contributed by atoms with van der Waals surface area (Å²) in [5.41, 5.74) is 0.405. The lowest BCUT2D eigenvalue weighted by atomic mass is 9.97. The first-order chi connectivity index (χ1) is 6.54. The van der Waals surface area contributed by atoms with Gasteiger partial charge in [-0.3, -0.25) is 9.80 Å². The Morgan fingerprint density at radius 3 is 2.07 bits per heavy atom. The van der Waals surface area contributed by atoms with Crippen LogP contribution in [0.15, 0.2) is 0 Å². The number of fused-ring (bicyclic) bond motifs is 2. The highest BCUT2D eigenvalue weighted by molar-refractivity contribution is 4.98. The molecule has 2 aliphatic rings. The van der Waals surface area contributed by atoms with E-state index >= 15 is 0 Å². The molecule has 0 spiro atoms. The van der Waals surface area contributed by atoms with Gasteiger partial charge >= 0.3 is 0 Å². The van der Waals surface area contributed by atoms with Crippen molar-refractivity contribution in [2.45, 2.75) is 57.7 Å². The van der Waals surface area contributed by atoms with Crippen molar-refractivity contribution in [3.63, 3.8) is 0 Å². The summed E-state index contributed by atoms with van der Waals surface area (Å²) in [6.07, 6.45) is 4.09. The van der Waals surface area contributed by atoms with E-state index in [0.29, 0.717) is 5.54 Å². The van der Waals surface area contributed by atoms with Crippen LogP contribution in [0, 0.1) is 0 Å². The van der Waals surface area contributed by atoms with Gasteiger partial charge in [-0.2, -0.15) is 0 Å². The van der Waals surface area contributed by atoms with Gasteiger partial charge in [-0.25, -0.2) is 0 Å². The first-order valence-electron chi connectivity index (χ1n) is 6.01. The van der Waals surface area contributed by atoms with E-state index in [4.69, 9.17) is 0 Å². The molecule has 2 nitrogen and oxygen atoms in total. The van der Waals surface area contributed by atoms with Crippen LogP contribution in [-0.2, 0) is 0 Å². The third-order valence-electron chi connectivity index (χ3n) is 4.57. The molecule has 0 radical (unpaired) electrons.